The molecular weight excluding hydrogens is 330 g/mol. The second-order valence-electron chi connectivity index (χ2n) is 5.51. The summed E-state index contributed by atoms with van der Waals surface area (Å²) < 4.78 is 26.9. The Morgan fingerprint density at radius 1 is 1.04 bits per heavy atom. The van der Waals surface area contributed by atoms with Gasteiger partial charge in [0, 0.05) is 37.4 Å². The van der Waals surface area contributed by atoms with E-state index < -0.39 is 10.0 Å². The lowest BCUT2D eigenvalue weighted by Crippen LogP contribution is -2.50. The molecule has 1 aliphatic heterocycles. The molecule has 0 aliphatic carbocycles. The summed E-state index contributed by atoms with van der Waals surface area (Å²) in [6.07, 6.45) is 3.18. The van der Waals surface area contributed by atoms with Crippen molar-refractivity contribution in [3.63, 3.8) is 0 Å². The minimum absolute atomic E-state index is 0.0844. The molecule has 0 radical (unpaired) electrons. The summed E-state index contributed by atoms with van der Waals surface area (Å²) in [6.45, 7) is 3.14. The number of sulfonamides is 1. The monoisotopic (exact) mass is 349 g/mol. The smallest absolute Gasteiger partial charge is 0.253 e. The third-order valence-corrected chi connectivity index (χ3v) is 6.00. The molecule has 128 valence electrons. The molecule has 1 fully saturated rings. The maximum Gasteiger partial charge on any atom is 0.253 e. The molecule has 0 atom stereocenters. The molecule has 0 saturated carbocycles. The standard InChI is InChI=1S/C15H19N5O3S/c1-2-24(22,23)20-9-7-18(8-10-20)15(21)13-3-5-14(6-4-13)19-11-16-17-12-19/h3-6,11-12H,2,7-10H2,1H3. The van der Waals surface area contributed by atoms with Gasteiger partial charge in [-0.05, 0) is 31.2 Å². The first-order chi connectivity index (χ1) is 11.5. The Kier molecular flexibility index (Phi) is 4.63. The van der Waals surface area contributed by atoms with Gasteiger partial charge in [-0.3, -0.25) is 9.36 Å². The van der Waals surface area contributed by atoms with Crippen molar-refractivity contribution in [3.05, 3.63) is 42.5 Å². The number of benzene rings is 1. The molecule has 0 unspecified atom stereocenters. The zero-order valence-electron chi connectivity index (χ0n) is 13.4. The van der Waals surface area contributed by atoms with Gasteiger partial charge in [-0.1, -0.05) is 0 Å². The number of hydrogen-bond donors (Lipinski definition) is 0. The van der Waals surface area contributed by atoms with Gasteiger partial charge in [0.25, 0.3) is 5.91 Å². The van der Waals surface area contributed by atoms with E-state index in [-0.39, 0.29) is 11.7 Å². The fourth-order valence-corrected chi connectivity index (χ4v) is 3.73. The maximum absolute atomic E-state index is 12.5. The highest BCUT2D eigenvalue weighted by atomic mass is 32.2. The molecule has 0 N–H and O–H groups in total. The van der Waals surface area contributed by atoms with E-state index in [1.807, 2.05) is 12.1 Å². The average Bonchev–Trinajstić information content (AvgIpc) is 3.16. The van der Waals surface area contributed by atoms with E-state index in [1.165, 1.54) is 4.31 Å². The number of piperazine rings is 1. The minimum atomic E-state index is -3.18. The van der Waals surface area contributed by atoms with Crippen molar-refractivity contribution < 1.29 is 13.2 Å². The topological polar surface area (TPSA) is 88.4 Å². The predicted molar refractivity (Wildman–Crippen MR) is 88.3 cm³/mol. The van der Waals surface area contributed by atoms with Gasteiger partial charge in [-0.15, -0.1) is 10.2 Å². The first kappa shape index (κ1) is 16.6. The summed E-state index contributed by atoms with van der Waals surface area (Å²) >= 11 is 0. The van der Waals surface area contributed by atoms with Gasteiger partial charge in [0.1, 0.15) is 12.7 Å². The molecule has 0 bridgehead atoms. The summed E-state index contributed by atoms with van der Waals surface area (Å²) in [5.41, 5.74) is 1.45. The normalized spacial score (nSPS) is 16.3. The predicted octanol–water partition coefficient (Wildman–Crippen LogP) is 0.375. The lowest BCUT2D eigenvalue weighted by molar-refractivity contribution is 0.0698. The van der Waals surface area contributed by atoms with Gasteiger partial charge >= 0.3 is 0 Å². The van der Waals surface area contributed by atoms with Crippen LogP contribution in [0.3, 0.4) is 0 Å². The van der Waals surface area contributed by atoms with Crippen molar-refractivity contribution in [1.29, 1.82) is 0 Å². The van der Waals surface area contributed by atoms with Crippen molar-refractivity contribution in [3.8, 4) is 5.69 Å². The number of nitrogens with zero attached hydrogens (tertiary/aromatic N) is 5. The van der Waals surface area contributed by atoms with Crippen molar-refractivity contribution in [2.45, 2.75) is 6.92 Å². The highest BCUT2D eigenvalue weighted by molar-refractivity contribution is 7.89. The molecule has 24 heavy (non-hydrogen) atoms. The number of carbonyl (C=O) groups excluding carboxylic acids is 1. The fraction of sp³-hybridized carbons (Fsp3) is 0.400. The zero-order valence-corrected chi connectivity index (χ0v) is 14.2. The Morgan fingerprint density at radius 3 is 2.17 bits per heavy atom. The van der Waals surface area contributed by atoms with Crippen molar-refractivity contribution in [2.24, 2.45) is 0 Å². The third kappa shape index (κ3) is 3.31. The van der Waals surface area contributed by atoms with Crippen molar-refractivity contribution in [1.82, 2.24) is 24.0 Å². The van der Waals surface area contributed by atoms with Crippen LogP contribution >= 0.6 is 0 Å². The quantitative estimate of drug-likeness (QED) is 0.796. The first-order valence-corrected chi connectivity index (χ1v) is 9.34. The fourth-order valence-electron chi connectivity index (χ4n) is 2.64. The maximum atomic E-state index is 12.5. The molecule has 1 aromatic heterocycles. The highest BCUT2D eigenvalue weighted by Crippen LogP contribution is 2.14. The molecule has 2 aromatic rings. The van der Waals surface area contributed by atoms with Crippen LogP contribution in [-0.2, 0) is 10.0 Å². The first-order valence-electron chi connectivity index (χ1n) is 7.73. The van der Waals surface area contributed by atoms with Gasteiger partial charge in [0.2, 0.25) is 10.0 Å². The summed E-state index contributed by atoms with van der Waals surface area (Å²) in [4.78, 5) is 14.2. The van der Waals surface area contributed by atoms with Crippen molar-refractivity contribution in [2.75, 3.05) is 31.9 Å². The molecular formula is C15H19N5O3S. The Labute approximate surface area is 140 Å². The Morgan fingerprint density at radius 2 is 1.62 bits per heavy atom. The number of rotatable bonds is 4. The van der Waals surface area contributed by atoms with Crippen LogP contribution in [0.5, 0.6) is 0 Å². The number of carbonyl (C=O) groups is 1. The van der Waals surface area contributed by atoms with E-state index in [0.29, 0.717) is 31.7 Å². The zero-order chi connectivity index (χ0) is 17.2. The molecule has 1 aromatic carbocycles. The summed E-state index contributed by atoms with van der Waals surface area (Å²) in [5, 5.41) is 7.49. The second kappa shape index (κ2) is 6.70. The molecule has 2 heterocycles. The van der Waals surface area contributed by atoms with E-state index in [9.17, 15) is 13.2 Å². The Hall–Kier alpha value is -2.26. The lowest BCUT2D eigenvalue weighted by atomic mass is 10.1. The molecule has 9 heteroatoms. The molecule has 8 nitrogen and oxygen atoms in total. The molecule has 1 saturated heterocycles. The van der Waals surface area contributed by atoms with E-state index >= 15 is 0 Å². The van der Waals surface area contributed by atoms with Gasteiger partial charge in [-0.25, -0.2) is 8.42 Å². The Balaban J connectivity index is 1.65. The molecule has 1 aliphatic rings. The van der Waals surface area contributed by atoms with Gasteiger partial charge in [0.15, 0.2) is 0 Å². The van der Waals surface area contributed by atoms with Crippen LogP contribution in [0.4, 0.5) is 0 Å². The summed E-state index contributed by atoms with van der Waals surface area (Å²) in [5.74, 6) is 0.00441. The van der Waals surface area contributed by atoms with Crippen LogP contribution < -0.4 is 0 Å². The second-order valence-corrected chi connectivity index (χ2v) is 7.77. The number of amides is 1. The van der Waals surface area contributed by atoms with Gasteiger partial charge in [0.05, 0.1) is 5.75 Å². The van der Waals surface area contributed by atoms with Crippen LogP contribution in [0.15, 0.2) is 36.9 Å². The summed E-state index contributed by atoms with van der Waals surface area (Å²) in [6, 6.07) is 7.17. The summed E-state index contributed by atoms with van der Waals surface area (Å²) in [7, 11) is -3.18. The van der Waals surface area contributed by atoms with Crippen LogP contribution in [0.2, 0.25) is 0 Å². The number of aromatic nitrogens is 3. The number of hydrogen-bond acceptors (Lipinski definition) is 5. The Bertz CT molecular complexity index is 794. The highest BCUT2D eigenvalue weighted by Gasteiger charge is 2.27. The average molecular weight is 349 g/mol. The van der Waals surface area contributed by atoms with Crippen LogP contribution in [0.1, 0.15) is 17.3 Å². The third-order valence-electron chi connectivity index (χ3n) is 4.12. The van der Waals surface area contributed by atoms with Gasteiger partial charge in [-0.2, -0.15) is 4.31 Å². The molecule has 3 rings (SSSR count). The van der Waals surface area contributed by atoms with Crippen LogP contribution in [0, 0.1) is 0 Å². The van der Waals surface area contributed by atoms with E-state index in [0.717, 1.165) is 5.69 Å². The minimum Gasteiger partial charge on any atom is -0.336 e. The molecule has 0 spiro atoms. The van der Waals surface area contributed by atoms with Gasteiger partial charge < -0.3 is 4.90 Å². The van der Waals surface area contributed by atoms with Crippen LogP contribution in [-0.4, -0.2) is 70.2 Å². The SMILES string of the molecule is CCS(=O)(=O)N1CCN(C(=O)c2ccc(-n3cnnc3)cc2)CC1. The molecule has 1 amide bonds. The lowest BCUT2D eigenvalue weighted by Gasteiger charge is -2.33. The van der Waals surface area contributed by atoms with Crippen molar-refractivity contribution >= 4 is 15.9 Å². The van der Waals surface area contributed by atoms with Crippen LogP contribution in [0.25, 0.3) is 5.69 Å². The largest absolute Gasteiger partial charge is 0.336 e. The van der Waals surface area contributed by atoms with E-state index in [2.05, 4.69) is 10.2 Å². The van der Waals surface area contributed by atoms with E-state index in [1.54, 1.807) is 41.2 Å². The van der Waals surface area contributed by atoms with E-state index in [4.69, 9.17) is 0 Å².